The molecular formula is C15H24N2O2. The second-order valence-electron chi connectivity index (χ2n) is 5.13. The van der Waals surface area contributed by atoms with E-state index in [1.165, 1.54) is 5.56 Å². The van der Waals surface area contributed by atoms with E-state index >= 15 is 0 Å². The maximum Gasteiger partial charge on any atom is 0.257 e. The number of nitrogens with one attached hydrogen (secondary N) is 1. The summed E-state index contributed by atoms with van der Waals surface area (Å²) in [5.74, 6) is 0.688. The molecule has 1 unspecified atom stereocenters. The summed E-state index contributed by atoms with van der Waals surface area (Å²) in [6.45, 7) is 8.58. The predicted molar refractivity (Wildman–Crippen MR) is 77.4 cm³/mol. The lowest BCUT2D eigenvalue weighted by Gasteiger charge is -2.13. The van der Waals surface area contributed by atoms with Gasteiger partial charge in [0.05, 0.1) is 0 Å². The van der Waals surface area contributed by atoms with E-state index in [9.17, 15) is 4.79 Å². The molecular weight excluding hydrogens is 240 g/mol. The summed E-state index contributed by atoms with van der Waals surface area (Å²) >= 11 is 0. The Morgan fingerprint density at radius 1 is 1.32 bits per heavy atom. The normalized spacial score (nSPS) is 12.1. The summed E-state index contributed by atoms with van der Waals surface area (Å²) in [4.78, 5) is 11.6. The molecule has 0 aromatic heterocycles. The van der Waals surface area contributed by atoms with Crippen LogP contribution in [0.4, 0.5) is 0 Å². The third-order valence-corrected chi connectivity index (χ3v) is 2.87. The number of aryl methyl sites for hydroxylation is 3. The van der Waals surface area contributed by atoms with E-state index < -0.39 is 0 Å². The maximum absolute atomic E-state index is 11.6. The number of hydrogen-bond acceptors (Lipinski definition) is 3. The fourth-order valence-electron chi connectivity index (χ4n) is 2.02. The van der Waals surface area contributed by atoms with Gasteiger partial charge in [0, 0.05) is 12.6 Å². The number of amides is 1. The minimum absolute atomic E-state index is 0.0453. The first-order chi connectivity index (χ1) is 8.90. The van der Waals surface area contributed by atoms with Gasteiger partial charge in [0.15, 0.2) is 6.61 Å². The minimum atomic E-state index is -0.111. The summed E-state index contributed by atoms with van der Waals surface area (Å²) in [7, 11) is 0. The van der Waals surface area contributed by atoms with Gasteiger partial charge in [0.25, 0.3) is 5.91 Å². The molecule has 1 amide bonds. The second kappa shape index (κ2) is 7.14. The van der Waals surface area contributed by atoms with Gasteiger partial charge in [-0.3, -0.25) is 4.79 Å². The van der Waals surface area contributed by atoms with Crippen LogP contribution in [0.5, 0.6) is 5.75 Å². The fourth-order valence-corrected chi connectivity index (χ4v) is 2.02. The van der Waals surface area contributed by atoms with Crippen LogP contribution in [0.2, 0.25) is 0 Å². The highest BCUT2D eigenvalue weighted by Gasteiger charge is 2.08. The van der Waals surface area contributed by atoms with Crippen molar-refractivity contribution in [3.8, 4) is 5.75 Å². The van der Waals surface area contributed by atoms with E-state index in [0.29, 0.717) is 6.54 Å². The van der Waals surface area contributed by atoms with Crippen molar-refractivity contribution in [1.29, 1.82) is 0 Å². The lowest BCUT2D eigenvalue weighted by molar-refractivity contribution is -0.123. The van der Waals surface area contributed by atoms with Crippen LogP contribution < -0.4 is 15.8 Å². The second-order valence-corrected chi connectivity index (χ2v) is 5.13. The lowest BCUT2D eigenvalue weighted by atomic mass is 10.1. The van der Waals surface area contributed by atoms with Crippen LogP contribution in [0, 0.1) is 20.8 Å². The van der Waals surface area contributed by atoms with Gasteiger partial charge in [-0.1, -0.05) is 17.7 Å². The Kier molecular flexibility index (Phi) is 5.83. The van der Waals surface area contributed by atoms with Crippen molar-refractivity contribution < 1.29 is 9.53 Å². The van der Waals surface area contributed by atoms with Crippen molar-refractivity contribution in [2.45, 2.75) is 40.2 Å². The molecule has 0 aliphatic rings. The minimum Gasteiger partial charge on any atom is -0.483 e. The first kappa shape index (κ1) is 15.5. The molecule has 1 atom stereocenters. The summed E-state index contributed by atoms with van der Waals surface area (Å²) in [6.07, 6.45) is 0.772. The zero-order valence-corrected chi connectivity index (χ0v) is 12.2. The molecule has 4 heteroatoms. The average Bonchev–Trinajstić information content (AvgIpc) is 2.26. The first-order valence-corrected chi connectivity index (χ1v) is 6.63. The Balaban J connectivity index is 2.46. The Morgan fingerprint density at radius 2 is 1.89 bits per heavy atom. The molecule has 0 spiro atoms. The molecule has 4 nitrogen and oxygen atoms in total. The highest BCUT2D eigenvalue weighted by Crippen LogP contribution is 2.24. The molecule has 1 aromatic rings. The molecule has 3 N–H and O–H groups in total. The Labute approximate surface area is 115 Å². The van der Waals surface area contributed by atoms with Crippen molar-refractivity contribution >= 4 is 5.91 Å². The average molecular weight is 264 g/mol. The van der Waals surface area contributed by atoms with Crippen molar-refractivity contribution in [2.24, 2.45) is 5.73 Å². The molecule has 1 aromatic carbocycles. The van der Waals surface area contributed by atoms with E-state index in [2.05, 4.69) is 17.4 Å². The number of hydrogen-bond donors (Lipinski definition) is 2. The fraction of sp³-hybridized carbons (Fsp3) is 0.533. The molecule has 0 saturated heterocycles. The topological polar surface area (TPSA) is 64.3 Å². The van der Waals surface area contributed by atoms with Gasteiger partial charge >= 0.3 is 0 Å². The van der Waals surface area contributed by atoms with Crippen LogP contribution in [-0.2, 0) is 4.79 Å². The van der Waals surface area contributed by atoms with Gasteiger partial charge < -0.3 is 15.8 Å². The van der Waals surface area contributed by atoms with E-state index in [4.69, 9.17) is 10.5 Å². The number of carbonyl (C=O) groups is 1. The molecule has 0 aliphatic carbocycles. The van der Waals surface area contributed by atoms with Gasteiger partial charge in [-0.15, -0.1) is 0 Å². The van der Waals surface area contributed by atoms with E-state index in [-0.39, 0.29) is 18.6 Å². The molecule has 1 rings (SSSR count). The maximum atomic E-state index is 11.6. The van der Waals surface area contributed by atoms with Gasteiger partial charge in [0.2, 0.25) is 0 Å². The van der Waals surface area contributed by atoms with E-state index in [0.717, 1.165) is 23.3 Å². The summed E-state index contributed by atoms with van der Waals surface area (Å²) < 4.78 is 5.60. The molecule has 0 aliphatic heterocycles. The monoisotopic (exact) mass is 264 g/mol. The van der Waals surface area contributed by atoms with Crippen LogP contribution in [-0.4, -0.2) is 25.1 Å². The van der Waals surface area contributed by atoms with E-state index in [1.807, 2.05) is 27.7 Å². The van der Waals surface area contributed by atoms with Crippen LogP contribution >= 0.6 is 0 Å². The summed E-state index contributed by atoms with van der Waals surface area (Å²) in [5, 5.41) is 2.79. The van der Waals surface area contributed by atoms with Crippen molar-refractivity contribution in [1.82, 2.24) is 5.32 Å². The number of nitrogens with two attached hydrogens (primary N) is 1. The molecule has 0 fully saturated rings. The third kappa shape index (κ3) is 5.30. The van der Waals surface area contributed by atoms with Crippen molar-refractivity contribution in [3.63, 3.8) is 0 Å². The van der Waals surface area contributed by atoms with Crippen molar-refractivity contribution in [2.75, 3.05) is 13.2 Å². The highest BCUT2D eigenvalue weighted by atomic mass is 16.5. The standard InChI is InChI=1S/C15H24N2O2/c1-10-7-11(2)15(12(3)8-10)19-9-14(18)17-6-5-13(4)16/h7-8,13H,5-6,9,16H2,1-4H3,(H,17,18). The Hall–Kier alpha value is -1.55. The number of ether oxygens (including phenoxy) is 1. The quantitative estimate of drug-likeness (QED) is 0.824. The molecule has 19 heavy (non-hydrogen) atoms. The van der Waals surface area contributed by atoms with Gasteiger partial charge in [-0.05, 0) is 45.2 Å². The van der Waals surface area contributed by atoms with Crippen LogP contribution in [0.3, 0.4) is 0 Å². The number of carbonyl (C=O) groups excluding carboxylic acids is 1. The Morgan fingerprint density at radius 3 is 2.42 bits per heavy atom. The van der Waals surface area contributed by atoms with Gasteiger partial charge in [-0.25, -0.2) is 0 Å². The van der Waals surface area contributed by atoms with Crippen molar-refractivity contribution in [3.05, 3.63) is 28.8 Å². The predicted octanol–water partition coefficient (Wildman–Crippen LogP) is 1.84. The largest absolute Gasteiger partial charge is 0.483 e. The van der Waals surface area contributed by atoms with Crippen LogP contribution in [0.25, 0.3) is 0 Å². The third-order valence-electron chi connectivity index (χ3n) is 2.87. The molecule has 106 valence electrons. The molecule has 0 radical (unpaired) electrons. The van der Waals surface area contributed by atoms with Crippen LogP contribution in [0.1, 0.15) is 30.0 Å². The molecule has 0 saturated carbocycles. The smallest absolute Gasteiger partial charge is 0.257 e. The number of benzene rings is 1. The first-order valence-electron chi connectivity index (χ1n) is 6.63. The molecule has 0 heterocycles. The number of rotatable bonds is 6. The summed E-state index contributed by atoms with van der Waals surface area (Å²) in [5.41, 5.74) is 8.93. The van der Waals surface area contributed by atoms with Crippen LogP contribution in [0.15, 0.2) is 12.1 Å². The zero-order valence-electron chi connectivity index (χ0n) is 12.2. The van der Waals surface area contributed by atoms with Gasteiger partial charge in [0.1, 0.15) is 5.75 Å². The SMILES string of the molecule is Cc1cc(C)c(OCC(=O)NCCC(C)N)c(C)c1. The van der Waals surface area contributed by atoms with E-state index in [1.54, 1.807) is 0 Å². The Bertz CT molecular complexity index is 419. The molecule has 0 bridgehead atoms. The highest BCUT2D eigenvalue weighted by molar-refractivity contribution is 5.77. The lowest BCUT2D eigenvalue weighted by Crippen LogP contribution is -2.32. The van der Waals surface area contributed by atoms with Gasteiger partial charge in [-0.2, -0.15) is 0 Å². The summed E-state index contributed by atoms with van der Waals surface area (Å²) in [6, 6.07) is 4.20. The zero-order chi connectivity index (χ0) is 14.4.